The van der Waals surface area contributed by atoms with Crippen molar-refractivity contribution in [3.8, 4) is 5.75 Å². The molecule has 2 aromatic carbocycles. The maximum atomic E-state index is 11.2. The molecule has 0 bridgehead atoms. The number of hydrogen-bond acceptors (Lipinski definition) is 4. The lowest BCUT2D eigenvalue weighted by molar-refractivity contribution is 0.460. The van der Waals surface area contributed by atoms with Crippen LogP contribution < -0.4 is 10.0 Å². The van der Waals surface area contributed by atoms with Gasteiger partial charge in [0, 0.05) is 28.3 Å². The van der Waals surface area contributed by atoms with Crippen LogP contribution in [0.4, 0.5) is 5.69 Å². The highest BCUT2D eigenvalue weighted by atomic mass is 79.9. The Balaban J connectivity index is 2.00. The summed E-state index contributed by atoms with van der Waals surface area (Å²) in [6.07, 6.45) is 1.12. The van der Waals surface area contributed by atoms with Gasteiger partial charge in [-0.25, -0.2) is 8.42 Å². The second-order valence-corrected chi connectivity index (χ2v) is 8.04. The van der Waals surface area contributed by atoms with Gasteiger partial charge in [0.2, 0.25) is 10.0 Å². The molecule has 0 aliphatic rings. The van der Waals surface area contributed by atoms with E-state index in [0.29, 0.717) is 12.2 Å². The molecule has 124 valence electrons. The molecular weight excluding hydrogens is 380 g/mol. The Labute approximate surface area is 144 Å². The smallest absolute Gasteiger partial charge is 0.229 e. The summed E-state index contributed by atoms with van der Waals surface area (Å²) >= 11 is 3.39. The van der Waals surface area contributed by atoms with Gasteiger partial charge in [-0.15, -0.1) is 0 Å². The first-order chi connectivity index (χ1) is 10.7. The lowest BCUT2D eigenvalue weighted by Gasteiger charge is -2.16. The number of anilines is 1. The van der Waals surface area contributed by atoms with E-state index in [9.17, 15) is 13.5 Å². The maximum Gasteiger partial charge on any atom is 0.229 e. The number of sulfonamides is 1. The molecule has 0 heterocycles. The van der Waals surface area contributed by atoms with Crippen LogP contribution in [-0.2, 0) is 16.6 Å². The van der Waals surface area contributed by atoms with E-state index < -0.39 is 10.0 Å². The topological polar surface area (TPSA) is 78.4 Å². The van der Waals surface area contributed by atoms with E-state index in [1.807, 2.05) is 25.1 Å². The van der Waals surface area contributed by atoms with Gasteiger partial charge in [0.25, 0.3) is 0 Å². The van der Waals surface area contributed by atoms with Crippen LogP contribution in [0.15, 0.2) is 46.9 Å². The van der Waals surface area contributed by atoms with E-state index in [1.54, 1.807) is 24.3 Å². The highest BCUT2D eigenvalue weighted by Crippen LogP contribution is 2.23. The summed E-state index contributed by atoms with van der Waals surface area (Å²) in [6, 6.07) is 12.6. The molecule has 5 nitrogen and oxygen atoms in total. The third kappa shape index (κ3) is 5.53. The zero-order valence-electron chi connectivity index (χ0n) is 12.9. The number of benzene rings is 2. The fraction of sp³-hybridized carbons (Fsp3) is 0.250. The minimum Gasteiger partial charge on any atom is -0.508 e. The Hall–Kier alpha value is -1.57. The van der Waals surface area contributed by atoms with Crippen molar-refractivity contribution >= 4 is 31.6 Å². The number of nitrogens with one attached hydrogen (secondary N) is 2. The monoisotopic (exact) mass is 398 g/mol. The molecule has 3 N–H and O–H groups in total. The molecule has 1 atom stereocenters. The first kappa shape index (κ1) is 17.8. The van der Waals surface area contributed by atoms with Gasteiger partial charge in [-0.2, -0.15) is 0 Å². The molecule has 0 spiro atoms. The summed E-state index contributed by atoms with van der Waals surface area (Å²) in [7, 11) is -3.26. The van der Waals surface area contributed by atoms with Crippen molar-refractivity contribution in [1.82, 2.24) is 5.32 Å². The van der Waals surface area contributed by atoms with E-state index in [2.05, 4.69) is 26.0 Å². The van der Waals surface area contributed by atoms with Crippen LogP contribution in [-0.4, -0.2) is 19.8 Å². The third-order valence-corrected chi connectivity index (χ3v) is 4.45. The van der Waals surface area contributed by atoms with Gasteiger partial charge in [0.1, 0.15) is 5.75 Å². The molecule has 7 heteroatoms. The summed E-state index contributed by atoms with van der Waals surface area (Å²) in [5.74, 6) is 0.251. The largest absolute Gasteiger partial charge is 0.508 e. The molecule has 2 aromatic rings. The van der Waals surface area contributed by atoms with Crippen LogP contribution in [0.25, 0.3) is 0 Å². The highest BCUT2D eigenvalue weighted by molar-refractivity contribution is 9.10. The summed E-state index contributed by atoms with van der Waals surface area (Å²) < 4.78 is 25.7. The van der Waals surface area contributed by atoms with Crippen LogP contribution in [0.5, 0.6) is 5.75 Å². The van der Waals surface area contributed by atoms with E-state index in [4.69, 9.17) is 0 Å². The molecule has 0 aliphatic carbocycles. The quantitative estimate of drug-likeness (QED) is 0.696. The summed E-state index contributed by atoms with van der Waals surface area (Å²) in [4.78, 5) is 0. The van der Waals surface area contributed by atoms with E-state index >= 15 is 0 Å². The molecule has 0 saturated carbocycles. The van der Waals surface area contributed by atoms with Crippen LogP contribution in [0, 0.1) is 0 Å². The molecule has 1 unspecified atom stereocenters. The Kier molecular flexibility index (Phi) is 5.67. The predicted octanol–water partition coefficient (Wildman–Crippen LogP) is 3.38. The average Bonchev–Trinajstić information content (AvgIpc) is 2.47. The first-order valence-electron chi connectivity index (χ1n) is 7.03. The Bertz CT molecular complexity index is 776. The number of aromatic hydroxyl groups is 1. The van der Waals surface area contributed by atoms with Crippen LogP contribution >= 0.6 is 15.9 Å². The summed E-state index contributed by atoms with van der Waals surface area (Å²) in [5, 5.41) is 13.2. The number of phenolic OH excluding ortho intramolecular Hbond substituents is 1. The van der Waals surface area contributed by atoms with Crippen molar-refractivity contribution in [1.29, 1.82) is 0 Å². The van der Waals surface area contributed by atoms with Crippen LogP contribution in [0.2, 0.25) is 0 Å². The van der Waals surface area contributed by atoms with Gasteiger partial charge in [0.05, 0.1) is 6.26 Å². The van der Waals surface area contributed by atoms with E-state index in [0.717, 1.165) is 21.9 Å². The standard InChI is InChI=1S/C16H19BrN2O3S/c1-11(18-10-13-9-14(17)5-8-16(13)20)12-3-6-15(7-4-12)19-23(2,21)22/h3-9,11,18-20H,10H2,1-2H3. The first-order valence-corrected chi connectivity index (χ1v) is 9.71. The lowest BCUT2D eigenvalue weighted by Crippen LogP contribution is -2.18. The van der Waals surface area contributed by atoms with Gasteiger partial charge in [0.15, 0.2) is 0 Å². The molecular formula is C16H19BrN2O3S. The molecule has 0 aliphatic heterocycles. The van der Waals surface area contributed by atoms with Gasteiger partial charge < -0.3 is 10.4 Å². The minimum atomic E-state index is -3.26. The van der Waals surface area contributed by atoms with Gasteiger partial charge in [-0.05, 0) is 42.8 Å². The molecule has 0 fully saturated rings. The summed E-state index contributed by atoms with van der Waals surface area (Å²) in [6.45, 7) is 2.53. The molecule has 0 radical (unpaired) electrons. The Morgan fingerprint density at radius 2 is 1.83 bits per heavy atom. The third-order valence-electron chi connectivity index (χ3n) is 3.35. The molecule has 0 saturated heterocycles. The molecule has 2 rings (SSSR count). The second kappa shape index (κ2) is 7.33. The zero-order valence-corrected chi connectivity index (χ0v) is 15.3. The van der Waals surface area contributed by atoms with Crippen molar-refractivity contribution in [2.45, 2.75) is 19.5 Å². The highest BCUT2D eigenvalue weighted by Gasteiger charge is 2.08. The van der Waals surface area contributed by atoms with Gasteiger partial charge in [-0.1, -0.05) is 28.1 Å². The Morgan fingerprint density at radius 1 is 1.17 bits per heavy atom. The summed E-state index contributed by atoms with van der Waals surface area (Å²) in [5.41, 5.74) is 2.37. The van der Waals surface area contributed by atoms with E-state index in [-0.39, 0.29) is 11.8 Å². The van der Waals surface area contributed by atoms with Crippen LogP contribution in [0.1, 0.15) is 24.1 Å². The fourth-order valence-corrected chi connectivity index (χ4v) is 3.10. The normalized spacial score (nSPS) is 12.8. The number of rotatable bonds is 6. The maximum absolute atomic E-state index is 11.2. The number of hydrogen-bond donors (Lipinski definition) is 3. The van der Waals surface area contributed by atoms with Crippen molar-refractivity contribution in [2.75, 3.05) is 11.0 Å². The number of phenols is 1. The van der Waals surface area contributed by atoms with Crippen molar-refractivity contribution in [3.63, 3.8) is 0 Å². The van der Waals surface area contributed by atoms with Crippen molar-refractivity contribution in [3.05, 3.63) is 58.1 Å². The van der Waals surface area contributed by atoms with Crippen molar-refractivity contribution in [2.24, 2.45) is 0 Å². The zero-order chi connectivity index (χ0) is 17.0. The van der Waals surface area contributed by atoms with Gasteiger partial charge >= 0.3 is 0 Å². The molecule has 0 amide bonds. The lowest BCUT2D eigenvalue weighted by atomic mass is 10.1. The SMILES string of the molecule is CC(NCc1cc(Br)ccc1O)c1ccc(NS(C)(=O)=O)cc1. The fourth-order valence-electron chi connectivity index (χ4n) is 2.13. The van der Waals surface area contributed by atoms with Crippen molar-refractivity contribution < 1.29 is 13.5 Å². The second-order valence-electron chi connectivity index (χ2n) is 5.37. The van der Waals surface area contributed by atoms with E-state index in [1.165, 1.54) is 0 Å². The van der Waals surface area contributed by atoms with Crippen LogP contribution in [0.3, 0.4) is 0 Å². The number of halogens is 1. The van der Waals surface area contributed by atoms with Gasteiger partial charge in [-0.3, -0.25) is 4.72 Å². The average molecular weight is 399 g/mol. The molecule has 23 heavy (non-hydrogen) atoms. The molecule has 0 aromatic heterocycles. The predicted molar refractivity (Wildman–Crippen MR) is 96.0 cm³/mol. The Morgan fingerprint density at radius 3 is 2.43 bits per heavy atom. The minimum absolute atomic E-state index is 0.0562.